The largest absolute Gasteiger partial charge is 0.515 e. The lowest BCUT2D eigenvalue weighted by molar-refractivity contribution is 0.468. The molecule has 0 radical (unpaired) electrons. The number of aliphatic hydroxyl groups excluding tert-OH is 1. The molecule has 0 bridgehead atoms. The quantitative estimate of drug-likeness (QED) is 0.324. The van der Waals surface area contributed by atoms with Crippen LogP contribution in [0.15, 0.2) is 70.7 Å². The van der Waals surface area contributed by atoms with Gasteiger partial charge >= 0.3 is 0 Å². The first-order valence-electron chi connectivity index (χ1n) is 6.36. The van der Waals surface area contributed by atoms with Crippen LogP contribution in [0.2, 0.25) is 0 Å². The molecule has 0 aliphatic carbocycles. The summed E-state index contributed by atoms with van der Waals surface area (Å²) >= 11 is 1.58. The fraction of sp³-hybridized carbons (Fsp3) is 0.176. The van der Waals surface area contributed by atoms with Gasteiger partial charge in [-0.05, 0) is 55.7 Å². The summed E-state index contributed by atoms with van der Waals surface area (Å²) in [6, 6.07) is 5.50. The molecule has 0 fully saturated rings. The van der Waals surface area contributed by atoms with Gasteiger partial charge in [-0.2, -0.15) is 0 Å². The summed E-state index contributed by atoms with van der Waals surface area (Å²) in [5.41, 5.74) is 1.65. The van der Waals surface area contributed by atoms with Crippen molar-refractivity contribution in [3.63, 3.8) is 0 Å². The van der Waals surface area contributed by atoms with E-state index < -0.39 is 0 Å². The van der Waals surface area contributed by atoms with Crippen LogP contribution in [0.5, 0.6) is 5.75 Å². The molecule has 0 saturated heterocycles. The van der Waals surface area contributed by atoms with Crippen molar-refractivity contribution in [2.45, 2.75) is 25.2 Å². The number of aromatic hydroxyl groups is 1. The van der Waals surface area contributed by atoms with Crippen molar-refractivity contribution in [3.05, 3.63) is 71.4 Å². The molecule has 0 saturated carbocycles. The molecule has 0 aliphatic rings. The predicted octanol–water partition coefficient (Wildman–Crippen LogP) is 5.27. The lowest BCUT2D eigenvalue weighted by Gasteiger charge is -2.06. The molecule has 2 N–H and O–H groups in total. The van der Waals surface area contributed by atoms with E-state index in [9.17, 15) is 10.2 Å². The van der Waals surface area contributed by atoms with Crippen LogP contribution in [0.1, 0.15) is 18.9 Å². The lowest BCUT2D eigenvalue weighted by atomic mass is 10.2. The first-order chi connectivity index (χ1) is 9.60. The number of hydrogen-bond acceptors (Lipinski definition) is 3. The number of rotatable bonds is 6. The molecule has 1 aromatic carbocycles. The van der Waals surface area contributed by atoms with Gasteiger partial charge in [-0.25, -0.2) is 0 Å². The minimum absolute atomic E-state index is 0.300. The molecule has 0 spiro atoms. The van der Waals surface area contributed by atoms with Gasteiger partial charge in [0.2, 0.25) is 0 Å². The van der Waals surface area contributed by atoms with Crippen molar-refractivity contribution in [3.8, 4) is 5.75 Å². The summed E-state index contributed by atoms with van der Waals surface area (Å²) < 4.78 is 0. The highest BCUT2D eigenvalue weighted by molar-refractivity contribution is 8.03. The fourth-order valence-corrected chi connectivity index (χ4v) is 2.66. The predicted molar refractivity (Wildman–Crippen MR) is 87.1 cm³/mol. The Kier molecular flexibility index (Phi) is 6.74. The molecule has 0 aromatic heterocycles. The van der Waals surface area contributed by atoms with E-state index in [0.717, 1.165) is 27.2 Å². The van der Waals surface area contributed by atoms with Gasteiger partial charge in [0.05, 0.1) is 6.26 Å². The molecule has 3 heteroatoms. The average Bonchev–Trinajstić information content (AvgIpc) is 2.42. The highest BCUT2D eigenvalue weighted by Gasteiger charge is 2.02. The number of phenols is 1. The molecule has 2 nitrogen and oxygen atoms in total. The third kappa shape index (κ3) is 5.02. The number of benzene rings is 1. The summed E-state index contributed by atoms with van der Waals surface area (Å²) in [4.78, 5) is 2.06. The second kappa shape index (κ2) is 8.33. The van der Waals surface area contributed by atoms with Gasteiger partial charge in [0.25, 0.3) is 0 Å². The van der Waals surface area contributed by atoms with Gasteiger partial charge in [0.15, 0.2) is 0 Å². The van der Waals surface area contributed by atoms with Gasteiger partial charge in [-0.15, -0.1) is 6.58 Å². The van der Waals surface area contributed by atoms with Crippen LogP contribution < -0.4 is 0 Å². The Bertz CT molecular complexity index is 554. The highest BCUT2D eigenvalue weighted by atomic mass is 32.2. The van der Waals surface area contributed by atoms with E-state index in [0.29, 0.717) is 12.2 Å². The van der Waals surface area contributed by atoms with E-state index in [2.05, 4.69) is 6.58 Å². The minimum atomic E-state index is 0.300. The van der Waals surface area contributed by atoms with Crippen molar-refractivity contribution in [2.24, 2.45) is 0 Å². The smallest absolute Gasteiger partial charge is 0.118 e. The van der Waals surface area contributed by atoms with E-state index in [1.54, 1.807) is 23.9 Å². The topological polar surface area (TPSA) is 40.5 Å². The Morgan fingerprint density at radius 2 is 2.15 bits per heavy atom. The number of aliphatic hydroxyl groups is 1. The molecule has 1 rings (SSSR count). The van der Waals surface area contributed by atoms with E-state index in [1.807, 2.05) is 44.2 Å². The average molecular weight is 288 g/mol. The van der Waals surface area contributed by atoms with Crippen molar-refractivity contribution in [1.29, 1.82) is 0 Å². The van der Waals surface area contributed by atoms with Crippen LogP contribution >= 0.6 is 11.8 Å². The van der Waals surface area contributed by atoms with Crippen LogP contribution in [0.25, 0.3) is 0 Å². The Hall–Kier alpha value is -1.87. The van der Waals surface area contributed by atoms with Crippen molar-refractivity contribution >= 4 is 11.8 Å². The van der Waals surface area contributed by atoms with E-state index in [-0.39, 0.29) is 0 Å². The number of thioether (sulfide) groups is 1. The molecule has 0 aliphatic heterocycles. The Morgan fingerprint density at radius 3 is 2.70 bits per heavy atom. The third-order valence-corrected chi connectivity index (χ3v) is 3.59. The maximum atomic E-state index is 9.54. The second-order valence-electron chi connectivity index (χ2n) is 4.29. The minimum Gasteiger partial charge on any atom is -0.515 e. The maximum absolute atomic E-state index is 9.54. The van der Waals surface area contributed by atoms with Crippen LogP contribution in [-0.2, 0) is 0 Å². The summed E-state index contributed by atoms with van der Waals surface area (Å²) in [5, 5.41) is 18.7. The highest BCUT2D eigenvalue weighted by Crippen LogP contribution is 2.31. The summed E-state index contributed by atoms with van der Waals surface area (Å²) in [5.74, 6) is 0.300. The van der Waals surface area contributed by atoms with Gasteiger partial charge < -0.3 is 10.2 Å². The Labute approximate surface area is 124 Å². The molecule has 0 amide bonds. The number of allylic oxidation sites excluding steroid dienone is 5. The molecule has 0 heterocycles. The van der Waals surface area contributed by atoms with Crippen LogP contribution in [-0.4, -0.2) is 10.2 Å². The van der Waals surface area contributed by atoms with Crippen molar-refractivity contribution < 1.29 is 10.2 Å². The van der Waals surface area contributed by atoms with Gasteiger partial charge in [-0.3, -0.25) is 0 Å². The van der Waals surface area contributed by atoms with Crippen LogP contribution in [0.4, 0.5) is 0 Å². The Morgan fingerprint density at radius 1 is 1.40 bits per heavy atom. The SMILES string of the molecule is C=CCC(=C\O)/C=C(\C=C/C)Sc1ccc(O)c(C)c1. The number of aryl methyl sites for hydroxylation is 1. The van der Waals surface area contributed by atoms with Crippen molar-refractivity contribution in [1.82, 2.24) is 0 Å². The van der Waals surface area contributed by atoms with E-state index >= 15 is 0 Å². The zero-order chi connectivity index (χ0) is 15.0. The van der Waals surface area contributed by atoms with Gasteiger partial charge in [0, 0.05) is 9.80 Å². The second-order valence-corrected chi connectivity index (χ2v) is 5.44. The maximum Gasteiger partial charge on any atom is 0.118 e. The van der Waals surface area contributed by atoms with Gasteiger partial charge in [0.1, 0.15) is 5.75 Å². The molecule has 0 unspecified atom stereocenters. The normalized spacial score (nSPS) is 12.9. The number of phenolic OH excluding ortho intramolecular Hbond substituents is 1. The molecule has 0 atom stereocenters. The zero-order valence-electron chi connectivity index (χ0n) is 11.8. The lowest BCUT2D eigenvalue weighted by Crippen LogP contribution is -1.81. The first kappa shape index (κ1) is 16.2. The van der Waals surface area contributed by atoms with Crippen molar-refractivity contribution in [2.75, 3.05) is 0 Å². The molecular weight excluding hydrogens is 268 g/mol. The van der Waals surface area contributed by atoms with Crippen LogP contribution in [0, 0.1) is 6.92 Å². The summed E-state index contributed by atoms with van der Waals surface area (Å²) in [6.45, 7) is 7.49. The molecule has 20 heavy (non-hydrogen) atoms. The molecule has 106 valence electrons. The Balaban J connectivity index is 2.99. The summed E-state index contributed by atoms with van der Waals surface area (Å²) in [7, 11) is 0. The number of hydrogen-bond donors (Lipinski definition) is 2. The van der Waals surface area contributed by atoms with Gasteiger partial charge in [-0.1, -0.05) is 30.0 Å². The van der Waals surface area contributed by atoms with E-state index in [4.69, 9.17) is 0 Å². The monoisotopic (exact) mass is 288 g/mol. The van der Waals surface area contributed by atoms with E-state index in [1.165, 1.54) is 0 Å². The first-order valence-corrected chi connectivity index (χ1v) is 7.18. The third-order valence-electron chi connectivity index (χ3n) is 2.61. The fourth-order valence-electron chi connectivity index (χ4n) is 1.60. The molecular formula is C17H20O2S. The molecule has 1 aromatic rings. The van der Waals surface area contributed by atoms with Crippen LogP contribution in [0.3, 0.4) is 0 Å². The summed E-state index contributed by atoms with van der Waals surface area (Å²) in [6.07, 6.45) is 9.34. The standard InChI is InChI=1S/C17H20O2S/c1-4-6-14(12-18)11-15(7-5-2)20-16-8-9-17(19)13(3)10-16/h4-5,7-12,18-19H,1,6H2,2-3H3/b7-5-,14-12+,15-11+. The zero-order valence-corrected chi connectivity index (χ0v) is 12.7.